The molecule has 0 aliphatic carbocycles. The van der Waals surface area contributed by atoms with E-state index < -0.39 is 0 Å². The van der Waals surface area contributed by atoms with Gasteiger partial charge in [0.15, 0.2) is 0 Å². The van der Waals surface area contributed by atoms with Crippen molar-refractivity contribution in [3.05, 3.63) is 0 Å². The van der Waals surface area contributed by atoms with Crippen molar-refractivity contribution in [2.24, 2.45) is 5.41 Å². The van der Waals surface area contributed by atoms with Gasteiger partial charge in [0.05, 0.1) is 6.61 Å². The molecule has 0 amide bonds. The lowest BCUT2D eigenvalue weighted by molar-refractivity contribution is 0.143. The second kappa shape index (κ2) is 12.0. The minimum absolute atomic E-state index is 0.503. The average molecular weight is 217 g/mol. The first kappa shape index (κ1) is 17.3. The summed E-state index contributed by atoms with van der Waals surface area (Å²) in [7, 11) is 2.01. The third-order valence-electron chi connectivity index (χ3n) is 2.84. The SMILES string of the molecule is CC.CC.CCC1(CCNC)CCOC1. The van der Waals surface area contributed by atoms with Gasteiger partial charge in [-0.3, -0.25) is 0 Å². The van der Waals surface area contributed by atoms with Crippen molar-refractivity contribution < 1.29 is 4.74 Å². The van der Waals surface area contributed by atoms with Gasteiger partial charge in [-0.05, 0) is 38.3 Å². The first-order valence-corrected chi connectivity index (χ1v) is 6.55. The van der Waals surface area contributed by atoms with Crippen LogP contribution in [0, 0.1) is 5.41 Å². The predicted octanol–water partition coefficient (Wildman–Crippen LogP) is 3.47. The normalized spacial score (nSPS) is 23.6. The Morgan fingerprint density at radius 1 is 1.20 bits per heavy atom. The molecule has 0 aromatic heterocycles. The minimum atomic E-state index is 0.503. The van der Waals surface area contributed by atoms with Gasteiger partial charge in [-0.25, -0.2) is 0 Å². The van der Waals surface area contributed by atoms with E-state index in [0.29, 0.717) is 5.41 Å². The molecule has 1 N–H and O–H groups in total. The molecule has 15 heavy (non-hydrogen) atoms. The second-order valence-corrected chi connectivity index (χ2v) is 3.51. The fourth-order valence-electron chi connectivity index (χ4n) is 1.69. The van der Waals surface area contributed by atoms with E-state index >= 15 is 0 Å². The van der Waals surface area contributed by atoms with Crippen LogP contribution < -0.4 is 5.32 Å². The Labute approximate surface area is 96.8 Å². The number of hydrogen-bond acceptors (Lipinski definition) is 2. The third-order valence-corrected chi connectivity index (χ3v) is 2.84. The van der Waals surface area contributed by atoms with Gasteiger partial charge in [0.1, 0.15) is 0 Å². The van der Waals surface area contributed by atoms with Gasteiger partial charge in [-0.15, -0.1) is 0 Å². The van der Waals surface area contributed by atoms with Gasteiger partial charge in [0.25, 0.3) is 0 Å². The molecule has 0 bridgehead atoms. The molecule has 1 heterocycles. The van der Waals surface area contributed by atoms with Gasteiger partial charge < -0.3 is 10.1 Å². The third kappa shape index (κ3) is 6.91. The number of hydrogen-bond donors (Lipinski definition) is 1. The van der Waals surface area contributed by atoms with Crippen LogP contribution in [0.15, 0.2) is 0 Å². The molecule has 1 atom stereocenters. The molecule has 2 heteroatoms. The highest BCUT2D eigenvalue weighted by molar-refractivity contribution is 4.82. The highest BCUT2D eigenvalue weighted by Gasteiger charge is 2.31. The summed E-state index contributed by atoms with van der Waals surface area (Å²) in [5.41, 5.74) is 0.503. The molecule has 1 rings (SSSR count). The van der Waals surface area contributed by atoms with Gasteiger partial charge in [0.2, 0.25) is 0 Å². The highest BCUT2D eigenvalue weighted by Crippen LogP contribution is 2.35. The van der Waals surface area contributed by atoms with Crippen LogP contribution in [0.5, 0.6) is 0 Å². The maximum Gasteiger partial charge on any atom is 0.0523 e. The molecular formula is C13H31NO. The summed E-state index contributed by atoms with van der Waals surface area (Å²) in [6.07, 6.45) is 3.78. The molecule has 0 aromatic carbocycles. The maximum atomic E-state index is 5.42. The monoisotopic (exact) mass is 217 g/mol. The quantitative estimate of drug-likeness (QED) is 0.778. The van der Waals surface area contributed by atoms with Crippen LogP contribution >= 0.6 is 0 Å². The van der Waals surface area contributed by atoms with Gasteiger partial charge in [-0.1, -0.05) is 34.6 Å². The Morgan fingerprint density at radius 3 is 2.13 bits per heavy atom. The zero-order chi connectivity index (χ0) is 12.2. The minimum Gasteiger partial charge on any atom is -0.381 e. The van der Waals surface area contributed by atoms with Crippen molar-refractivity contribution in [3.8, 4) is 0 Å². The molecule has 1 aliphatic heterocycles. The van der Waals surface area contributed by atoms with Crippen LogP contribution in [0.3, 0.4) is 0 Å². The molecule has 1 saturated heterocycles. The van der Waals surface area contributed by atoms with E-state index in [4.69, 9.17) is 4.74 Å². The van der Waals surface area contributed by atoms with Crippen molar-refractivity contribution in [2.75, 3.05) is 26.8 Å². The van der Waals surface area contributed by atoms with Crippen molar-refractivity contribution in [1.82, 2.24) is 5.32 Å². The number of rotatable bonds is 4. The van der Waals surface area contributed by atoms with Crippen molar-refractivity contribution in [2.45, 2.75) is 53.9 Å². The lowest BCUT2D eigenvalue weighted by Gasteiger charge is -2.25. The zero-order valence-electron chi connectivity index (χ0n) is 11.7. The molecule has 0 aromatic rings. The van der Waals surface area contributed by atoms with Gasteiger partial charge in [-0.2, -0.15) is 0 Å². The Kier molecular flexibility index (Phi) is 13.8. The van der Waals surface area contributed by atoms with Gasteiger partial charge in [0, 0.05) is 6.61 Å². The van der Waals surface area contributed by atoms with E-state index in [0.717, 1.165) is 19.8 Å². The molecule has 1 unspecified atom stereocenters. The van der Waals surface area contributed by atoms with Crippen molar-refractivity contribution in [3.63, 3.8) is 0 Å². The lowest BCUT2D eigenvalue weighted by Crippen LogP contribution is -2.25. The van der Waals surface area contributed by atoms with Crippen molar-refractivity contribution in [1.29, 1.82) is 0 Å². The Balaban J connectivity index is 0. The second-order valence-electron chi connectivity index (χ2n) is 3.51. The maximum absolute atomic E-state index is 5.42. The Bertz CT molecular complexity index is 109. The molecule has 1 aliphatic rings. The predicted molar refractivity (Wildman–Crippen MR) is 69.4 cm³/mol. The van der Waals surface area contributed by atoms with E-state index in [9.17, 15) is 0 Å². The van der Waals surface area contributed by atoms with Crippen LogP contribution in [-0.2, 0) is 4.74 Å². The summed E-state index contributed by atoms with van der Waals surface area (Å²) in [5.74, 6) is 0. The van der Waals surface area contributed by atoms with Crippen LogP contribution in [0.2, 0.25) is 0 Å². The van der Waals surface area contributed by atoms with E-state index in [1.807, 2.05) is 34.7 Å². The summed E-state index contributed by atoms with van der Waals surface area (Å²) in [6, 6.07) is 0. The summed E-state index contributed by atoms with van der Waals surface area (Å²) < 4.78 is 5.42. The van der Waals surface area contributed by atoms with E-state index in [1.165, 1.54) is 19.3 Å². The summed E-state index contributed by atoms with van der Waals surface area (Å²) in [6.45, 7) is 13.3. The van der Waals surface area contributed by atoms with E-state index in [2.05, 4.69) is 12.2 Å². The molecule has 2 nitrogen and oxygen atoms in total. The van der Waals surface area contributed by atoms with E-state index in [1.54, 1.807) is 0 Å². The van der Waals surface area contributed by atoms with Crippen LogP contribution in [0.1, 0.15) is 53.9 Å². The first-order chi connectivity index (χ1) is 7.33. The fourth-order valence-corrected chi connectivity index (χ4v) is 1.69. The Morgan fingerprint density at radius 2 is 1.80 bits per heavy atom. The average Bonchev–Trinajstić information content (AvgIpc) is 2.81. The molecular weight excluding hydrogens is 186 g/mol. The molecule has 0 spiro atoms. The Hall–Kier alpha value is -0.0800. The molecule has 0 saturated carbocycles. The molecule has 0 radical (unpaired) electrons. The van der Waals surface area contributed by atoms with E-state index in [-0.39, 0.29) is 0 Å². The molecule has 94 valence electrons. The molecule has 1 fully saturated rings. The zero-order valence-corrected chi connectivity index (χ0v) is 11.7. The van der Waals surface area contributed by atoms with Crippen LogP contribution in [-0.4, -0.2) is 26.8 Å². The number of ether oxygens (including phenoxy) is 1. The van der Waals surface area contributed by atoms with Crippen LogP contribution in [0.25, 0.3) is 0 Å². The fraction of sp³-hybridized carbons (Fsp3) is 1.00. The topological polar surface area (TPSA) is 21.3 Å². The van der Waals surface area contributed by atoms with Crippen LogP contribution in [0.4, 0.5) is 0 Å². The van der Waals surface area contributed by atoms with Gasteiger partial charge >= 0.3 is 0 Å². The smallest absolute Gasteiger partial charge is 0.0523 e. The summed E-state index contributed by atoms with van der Waals surface area (Å²) >= 11 is 0. The lowest BCUT2D eigenvalue weighted by atomic mass is 9.81. The highest BCUT2D eigenvalue weighted by atomic mass is 16.5. The number of nitrogens with one attached hydrogen (secondary N) is 1. The largest absolute Gasteiger partial charge is 0.381 e. The first-order valence-electron chi connectivity index (χ1n) is 6.55. The summed E-state index contributed by atoms with van der Waals surface area (Å²) in [4.78, 5) is 0. The van der Waals surface area contributed by atoms with Crippen molar-refractivity contribution >= 4 is 0 Å². The standard InChI is InChI=1S/C9H19NO.2C2H6/c1-3-9(4-6-10-2)5-7-11-8-9;2*1-2/h10H,3-8H2,1-2H3;2*1-2H3. The summed E-state index contributed by atoms with van der Waals surface area (Å²) in [5, 5.41) is 3.20.